The van der Waals surface area contributed by atoms with Gasteiger partial charge in [-0.3, -0.25) is 0 Å². The molecule has 2 aromatic carbocycles. The summed E-state index contributed by atoms with van der Waals surface area (Å²) in [7, 11) is 0. The maximum Gasteiger partial charge on any atom is 0.245 e. The summed E-state index contributed by atoms with van der Waals surface area (Å²) in [4.78, 5) is 4.79. The molecule has 1 saturated heterocycles. The van der Waals surface area contributed by atoms with Crippen molar-refractivity contribution in [1.82, 2.24) is 19.7 Å². The first kappa shape index (κ1) is 20.6. The summed E-state index contributed by atoms with van der Waals surface area (Å²) in [5, 5.41) is 12.0. The highest BCUT2D eigenvalue weighted by Crippen LogP contribution is 2.22. The van der Waals surface area contributed by atoms with E-state index in [1.807, 2.05) is 42.5 Å². The molecule has 1 aliphatic rings. The van der Waals surface area contributed by atoms with Crippen molar-refractivity contribution in [2.75, 3.05) is 11.9 Å². The molecule has 1 unspecified atom stereocenters. The number of benzene rings is 2. The second kappa shape index (κ2) is 9.89. The summed E-state index contributed by atoms with van der Waals surface area (Å²) < 4.78 is 14.0. The van der Waals surface area contributed by atoms with Crippen molar-refractivity contribution in [1.29, 1.82) is 0 Å². The number of aromatic nitrogens is 4. The van der Waals surface area contributed by atoms with Crippen molar-refractivity contribution >= 4 is 17.1 Å². The number of ether oxygens (including phenoxy) is 2. The van der Waals surface area contributed by atoms with Crippen LogP contribution < -0.4 is 5.32 Å². The predicted molar refractivity (Wildman–Crippen MR) is 123 cm³/mol. The summed E-state index contributed by atoms with van der Waals surface area (Å²) in [5.41, 5.74) is 4.92. The van der Waals surface area contributed by atoms with Gasteiger partial charge in [0.15, 0.2) is 11.9 Å². The molecule has 0 saturated carbocycles. The van der Waals surface area contributed by atoms with Crippen LogP contribution in [0.5, 0.6) is 0 Å². The van der Waals surface area contributed by atoms with Crippen molar-refractivity contribution in [3.8, 4) is 0 Å². The minimum absolute atomic E-state index is 0.144. The summed E-state index contributed by atoms with van der Waals surface area (Å²) in [6.45, 7) is 2.54. The summed E-state index contributed by atoms with van der Waals surface area (Å²) >= 11 is 0. The van der Waals surface area contributed by atoms with E-state index >= 15 is 0 Å². The monoisotopic (exact) mass is 429 g/mol. The van der Waals surface area contributed by atoms with Crippen LogP contribution in [0.15, 0.2) is 66.7 Å². The normalized spacial score (nSPS) is 16.3. The molecule has 4 aromatic rings. The van der Waals surface area contributed by atoms with Crippen molar-refractivity contribution in [3.05, 3.63) is 83.6 Å². The van der Waals surface area contributed by atoms with Crippen LogP contribution in [0, 0.1) is 0 Å². The molecule has 1 atom stereocenters. The van der Waals surface area contributed by atoms with Gasteiger partial charge in [0.05, 0.1) is 6.61 Å². The number of anilines is 1. The molecule has 7 nitrogen and oxygen atoms in total. The van der Waals surface area contributed by atoms with Crippen LogP contribution >= 0.6 is 0 Å². The smallest absolute Gasteiger partial charge is 0.245 e. The lowest BCUT2D eigenvalue weighted by atomic mass is 10.2. The zero-order valence-corrected chi connectivity index (χ0v) is 18.0. The third-order valence-corrected chi connectivity index (χ3v) is 5.63. The highest BCUT2D eigenvalue weighted by Gasteiger charge is 2.18. The molecule has 2 aromatic heterocycles. The molecule has 0 bridgehead atoms. The van der Waals surface area contributed by atoms with Crippen LogP contribution in [0.4, 0.5) is 5.95 Å². The van der Waals surface area contributed by atoms with E-state index < -0.39 is 0 Å². The number of nitrogens with one attached hydrogen (secondary N) is 1. The molecule has 5 rings (SSSR count). The molecule has 0 aliphatic carbocycles. The molecule has 1 aliphatic heterocycles. The van der Waals surface area contributed by atoms with Crippen LogP contribution in [0.3, 0.4) is 0 Å². The Morgan fingerprint density at radius 2 is 1.75 bits per heavy atom. The number of hydrogen-bond donors (Lipinski definition) is 1. The Labute approximate surface area is 187 Å². The van der Waals surface area contributed by atoms with E-state index in [-0.39, 0.29) is 6.29 Å². The Kier molecular flexibility index (Phi) is 6.37. The SMILES string of the molecule is c1ccc(CNc2nnc3cc(COC4CCCCO4)n(Cc4ccccc4)c3n2)cc1. The zero-order valence-electron chi connectivity index (χ0n) is 18.0. The fraction of sp³-hybridized carbons (Fsp3) is 0.320. The van der Waals surface area contributed by atoms with Crippen LogP contribution in [-0.2, 0) is 29.2 Å². The van der Waals surface area contributed by atoms with Gasteiger partial charge in [-0.1, -0.05) is 60.7 Å². The average Bonchev–Trinajstić information content (AvgIpc) is 3.20. The molecule has 3 heterocycles. The lowest BCUT2D eigenvalue weighted by Gasteiger charge is -2.23. The fourth-order valence-corrected chi connectivity index (χ4v) is 3.92. The van der Waals surface area contributed by atoms with Gasteiger partial charge in [-0.15, -0.1) is 10.2 Å². The lowest BCUT2D eigenvalue weighted by Crippen LogP contribution is -2.22. The minimum Gasteiger partial charge on any atom is -0.353 e. The third-order valence-electron chi connectivity index (χ3n) is 5.63. The Bertz CT molecular complexity index is 1140. The van der Waals surface area contributed by atoms with E-state index in [1.165, 1.54) is 5.56 Å². The van der Waals surface area contributed by atoms with Crippen molar-refractivity contribution < 1.29 is 9.47 Å². The van der Waals surface area contributed by atoms with Crippen LogP contribution in [0.25, 0.3) is 11.2 Å². The lowest BCUT2D eigenvalue weighted by molar-refractivity contribution is -0.169. The van der Waals surface area contributed by atoms with Crippen molar-refractivity contribution in [2.45, 2.75) is 45.2 Å². The van der Waals surface area contributed by atoms with Gasteiger partial charge in [0.1, 0.15) is 5.52 Å². The maximum atomic E-state index is 6.08. The third kappa shape index (κ3) is 4.95. The molecule has 1 N–H and O–H groups in total. The number of nitrogens with zero attached hydrogens (tertiary/aromatic N) is 4. The minimum atomic E-state index is -0.144. The van der Waals surface area contributed by atoms with E-state index in [1.54, 1.807) is 0 Å². The predicted octanol–water partition coefficient (Wildman–Crippen LogP) is 4.53. The van der Waals surface area contributed by atoms with E-state index in [0.717, 1.165) is 48.3 Å². The second-order valence-electron chi connectivity index (χ2n) is 8.00. The Morgan fingerprint density at radius 1 is 0.969 bits per heavy atom. The highest BCUT2D eigenvalue weighted by atomic mass is 16.7. The Morgan fingerprint density at radius 3 is 2.50 bits per heavy atom. The molecule has 32 heavy (non-hydrogen) atoms. The van der Waals surface area contributed by atoms with Crippen molar-refractivity contribution in [3.63, 3.8) is 0 Å². The summed E-state index contributed by atoms with van der Waals surface area (Å²) in [6, 6.07) is 22.6. The average molecular weight is 430 g/mol. The Balaban J connectivity index is 1.41. The number of rotatable bonds is 8. The fourth-order valence-electron chi connectivity index (χ4n) is 3.92. The molecular formula is C25H27N5O2. The quantitative estimate of drug-likeness (QED) is 0.444. The van der Waals surface area contributed by atoms with Gasteiger partial charge in [-0.05, 0) is 36.5 Å². The van der Waals surface area contributed by atoms with E-state index in [4.69, 9.17) is 14.5 Å². The highest BCUT2D eigenvalue weighted by molar-refractivity contribution is 5.73. The van der Waals surface area contributed by atoms with Gasteiger partial charge in [-0.25, -0.2) is 0 Å². The first-order chi connectivity index (χ1) is 15.8. The van der Waals surface area contributed by atoms with E-state index in [9.17, 15) is 0 Å². The van der Waals surface area contributed by atoms with Crippen LogP contribution in [0.1, 0.15) is 36.1 Å². The topological polar surface area (TPSA) is 74.1 Å². The summed E-state index contributed by atoms with van der Waals surface area (Å²) in [6.07, 6.45) is 3.03. The number of fused-ring (bicyclic) bond motifs is 1. The molecule has 164 valence electrons. The molecule has 1 fully saturated rings. The molecule has 0 amide bonds. The zero-order chi connectivity index (χ0) is 21.6. The van der Waals surface area contributed by atoms with Gasteiger partial charge in [-0.2, -0.15) is 4.98 Å². The Hall–Kier alpha value is -3.29. The van der Waals surface area contributed by atoms with E-state index in [2.05, 4.69) is 44.3 Å². The molecule has 7 heteroatoms. The number of hydrogen-bond acceptors (Lipinski definition) is 6. The van der Waals surface area contributed by atoms with Crippen molar-refractivity contribution in [2.24, 2.45) is 0 Å². The van der Waals surface area contributed by atoms with Gasteiger partial charge < -0.3 is 19.4 Å². The van der Waals surface area contributed by atoms with Gasteiger partial charge in [0.25, 0.3) is 0 Å². The van der Waals surface area contributed by atoms with E-state index in [0.29, 0.717) is 25.6 Å². The first-order valence-corrected chi connectivity index (χ1v) is 11.1. The standard InChI is InChI=1S/C25H27N5O2/c1-3-9-19(10-4-1)16-26-25-27-24-22(28-29-25)15-21(18-32-23-13-7-8-14-31-23)30(24)17-20-11-5-2-6-12-20/h1-6,9-12,15,23H,7-8,13-14,16-18H2,(H,26,27,29). The summed E-state index contributed by atoms with van der Waals surface area (Å²) in [5.74, 6) is 0.511. The second-order valence-corrected chi connectivity index (χ2v) is 8.00. The van der Waals surface area contributed by atoms with Gasteiger partial charge in [0, 0.05) is 25.4 Å². The van der Waals surface area contributed by atoms with Gasteiger partial charge >= 0.3 is 0 Å². The van der Waals surface area contributed by atoms with Crippen LogP contribution in [0.2, 0.25) is 0 Å². The largest absolute Gasteiger partial charge is 0.353 e. The molecule has 0 spiro atoms. The molecule has 0 radical (unpaired) electrons. The van der Waals surface area contributed by atoms with Crippen LogP contribution in [-0.4, -0.2) is 32.6 Å². The van der Waals surface area contributed by atoms with Gasteiger partial charge in [0.2, 0.25) is 5.95 Å². The first-order valence-electron chi connectivity index (χ1n) is 11.1. The maximum absolute atomic E-state index is 6.08. The molecular weight excluding hydrogens is 402 g/mol.